The summed E-state index contributed by atoms with van der Waals surface area (Å²) in [5.74, 6) is 1.25. The predicted octanol–water partition coefficient (Wildman–Crippen LogP) is 4.03. The number of anilines is 2. The molecule has 2 aromatic rings. The Kier molecular flexibility index (Phi) is 6.17. The van der Waals surface area contributed by atoms with Crippen LogP contribution in [0.2, 0.25) is 0 Å². The van der Waals surface area contributed by atoms with E-state index in [0.717, 1.165) is 24.3 Å². The lowest BCUT2D eigenvalue weighted by molar-refractivity contribution is -0.117. The number of carbonyl (C=O) groups excluding carboxylic acids is 1. The number of pyridine rings is 1. The average molecular weight is 385 g/mol. The molecular formula is C22H28FN3O2. The van der Waals surface area contributed by atoms with Crippen LogP contribution < -0.4 is 14.5 Å². The molecule has 2 atom stereocenters. The number of benzene rings is 1. The van der Waals surface area contributed by atoms with Gasteiger partial charge in [-0.1, -0.05) is 19.1 Å². The first-order chi connectivity index (χ1) is 13.3. The fourth-order valence-corrected chi connectivity index (χ4v) is 3.64. The van der Waals surface area contributed by atoms with Gasteiger partial charge in [-0.25, -0.2) is 9.37 Å². The summed E-state index contributed by atoms with van der Waals surface area (Å²) in [5, 5.41) is 0. The van der Waals surface area contributed by atoms with Crippen LogP contribution in [0.3, 0.4) is 0 Å². The summed E-state index contributed by atoms with van der Waals surface area (Å²) in [6, 6.07) is 9.65. The van der Waals surface area contributed by atoms with E-state index < -0.39 is 0 Å². The van der Waals surface area contributed by atoms with Gasteiger partial charge in [-0.15, -0.1) is 0 Å². The van der Waals surface area contributed by atoms with Crippen LogP contribution in [0.25, 0.3) is 0 Å². The zero-order valence-corrected chi connectivity index (χ0v) is 17.0. The summed E-state index contributed by atoms with van der Waals surface area (Å²) in [6.07, 6.45) is 3.03. The molecule has 6 heteroatoms. The molecule has 0 unspecified atom stereocenters. The lowest BCUT2D eigenvalue weighted by atomic mass is 9.96. The first-order valence-electron chi connectivity index (χ1n) is 9.68. The summed E-state index contributed by atoms with van der Waals surface area (Å²) < 4.78 is 20.8. The van der Waals surface area contributed by atoms with Gasteiger partial charge in [0.15, 0.2) is 11.6 Å². The third-order valence-corrected chi connectivity index (χ3v) is 5.11. The molecule has 0 saturated carbocycles. The lowest BCUT2D eigenvalue weighted by Gasteiger charge is -2.22. The normalized spacial score (nSPS) is 17.5. The van der Waals surface area contributed by atoms with Crippen LogP contribution in [0, 0.1) is 5.82 Å². The molecule has 5 nitrogen and oxygen atoms in total. The summed E-state index contributed by atoms with van der Waals surface area (Å²) in [5.41, 5.74) is 1.70. The Labute approximate surface area is 166 Å². The Morgan fingerprint density at radius 2 is 2.04 bits per heavy atom. The van der Waals surface area contributed by atoms with Crippen molar-refractivity contribution in [1.82, 2.24) is 4.98 Å². The van der Waals surface area contributed by atoms with Crippen molar-refractivity contribution in [2.45, 2.75) is 38.7 Å². The van der Waals surface area contributed by atoms with Crippen molar-refractivity contribution in [3.8, 4) is 5.75 Å². The number of nitrogens with zero attached hydrogens (tertiary/aromatic N) is 3. The number of rotatable bonds is 7. The summed E-state index contributed by atoms with van der Waals surface area (Å²) in [7, 11) is 3.57. The van der Waals surface area contributed by atoms with E-state index in [9.17, 15) is 9.18 Å². The number of Topliss-reactive ketones (excluding diaryl/α,β-unsaturated/α-hetero) is 1. The highest BCUT2D eigenvalue weighted by atomic mass is 19.1. The van der Waals surface area contributed by atoms with E-state index in [1.807, 2.05) is 29.2 Å². The maximum atomic E-state index is 14.7. The van der Waals surface area contributed by atoms with Gasteiger partial charge < -0.3 is 19.3 Å². The van der Waals surface area contributed by atoms with Gasteiger partial charge in [-0.05, 0) is 36.6 Å². The quantitative estimate of drug-likeness (QED) is 0.720. The number of hydrogen-bond acceptors (Lipinski definition) is 5. The molecule has 28 heavy (non-hydrogen) atoms. The van der Waals surface area contributed by atoms with Gasteiger partial charge in [0, 0.05) is 39.7 Å². The minimum atomic E-state index is -0.294. The van der Waals surface area contributed by atoms with E-state index in [-0.39, 0.29) is 23.6 Å². The largest absolute Gasteiger partial charge is 0.489 e. The Hall–Kier alpha value is -2.63. The Morgan fingerprint density at radius 3 is 2.68 bits per heavy atom. The summed E-state index contributed by atoms with van der Waals surface area (Å²) in [6.45, 7) is 5.05. The molecule has 3 rings (SSSR count). The fourth-order valence-electron chi connectivity index (χ4n) is 3.64. The molecule has 1 aliphatic rings. The zero-order valence-electron chi connectivity index (χ0n) is 17.0. The van der Waals surface area contributed by atoms with Gasteiger partial charge >= 0.3 is 0 Å². The molecular weight excluding hydrogens is 357 g/mol. The smallest absolute Gasteiger partial charge is 0.188 e. The average Bonchev–Trinajstić information content (AvgIpc) is 3.10. The maximum Gasteiger partial charge on any atom is 0.188 e. The summed E-state index contributed by atoms with van der Waals surface area (Å²) >= 11 is 0. The molecule has 0 bridgehead atoms. The molecule has 1 fully saturated rings. The molecule has 150 valence electrons. The molecule has 0 aliphatic carbocycles. The van der Waals surface area contributed by atoms with Gasteiger partial charge in [-0.2, -0.15) is 0 Å². The molecule has 1 aromatic carbocycles. The van der Waals surface area contributed by atoms with Crippen molar-refractivity contribution >= 4 is 17.3 Å². The minimum absolute atomic E-state index is 0.0101. The molecule has 0 spiro atoms. The van der Waals surface area contributed by atoms with Crippen LogP contribution in [-0.4, -0.2) is 44.1 Å². The third-order valence-electron chi connectivity index (χ3n) is 5.11. The van der Waals surface area contributed by atoms with E-state index in [0.29, 0.717) is 24.5 Å². The molecule has 0 radical (unpaired) electrons. The Morgan fingerprint density at radius 1 is 1.32 bits per heavy atom. The van der Waals surface area contributed by atoms with Crippen molar-refractivity contribution in [2.75, 3.05) is 37.0 Å². The van der Waals surface area contributed by atoms with Crippen molar-refractivity contribution in [3.05, 3.63) is 47.9 Å². The van der Waals surface area contributed by atoms with Crippen LogP contribution in [0.4, 0.5) is 15.9 Å². The van der Waals surface area contributed by atoms with Gasteiger partial charge in [-0.3, -0.25) is 0 Å². The van der Waals surface area contributed by atoms with Gasteiger partial charge in [0.05, 0.1) is 12.2 Å². The standard InChI is InChI=1S/C22H28FN3O2/c1-15(13-16(2)27)17-5-7-18(8-6-17)28-19-10-12-26(14-19)20-9-11-24-22(21(20)23)25(3)4/h5-9,11,15,19H,10,12-14H2,1-4H3/t15-,19-/m1/s1. The highest BCUT2D eigenvalue weighted by molar-refractivity contribution is 5.76. The van der Waals surface area contributed by atoms with Gasteiger partial charge in [0.25, 0.3) is 0 Å². The van der Waals surface area contributed by atoms with E-state index in [1.54, 1.807) is 38.2 Å². The van der Waals surface area contributed by atoms with Crippen molar-refractivity contribution in [3.63, 3.8) is 0 Å². The van der Waals surface area contributed by atoms with Crippen molar-refractivity contribution < 1.29 is 13.9 Å². The molecule has 0 N–H and O–H groups in total. The molecule has 0 amide bonds. The number of ketones is 1. The maximum absolute atomic E-state index is 14.7. The van der Waals surface area contributed by atoms with Crippen LogP contribution in [-0.2, 0) is 4.79 Å². The Balaban J connectivity index is 1.62. The SMILES string of the molecule is CC(=O)C[C@@H](C)c1ccc(O[C@@H]2CCN(c3ccnc(N(C)C)c3F)C2)cc1. The zero-order chi connectivity index (χ0) is 20.3. The highest BCUT2D eigenvalue weighted by Gasteiger charge is 2.27. The molecule has 2 heterocycles. The van der Waals surface area contributed by atoms with Crippen LogP contribution >= 0.6 is 0 Å². The number of aromatic nitrogens is 1. The third kappa shape index (κ3) is 4.61. The second kappa shape index (κ2) is 8.59. The first kappa shape index (κ1) is 20.1. The Bertz CT molecular complexity index is 823. The number of hydrogen-bond donors (Lipinski definition) is 0. The minimum Gasteiger partial charge on any atom is -0.489 e. The number of halogens is 1. The van der Waals surface area contributed by atoms with Crippen molar-refractivity contribution in [1.29, 1.82) is 0 Å². The number of carbonyl (C=O) groups is 1. The summed E-state index contributed by atoms with van der Waals surface area (Å²) in [4.78, 5) is 19.1. The molecule has 1 saturated heterocycles. The predicted molar refractivity (Wildman–Crippen MR) is 110 cm³/mol. The highest BCUT2D eigenvalue weighted by Crippen LogP contribution is 2.30. The van der Waals surface area contributed by atoms with E-state index in [4.69, 9.17) is 4.74 Å². The van der Waals surface area contributed by atoms with E-state index in [2.05, 4.69) is 11.9 Å². The van der Waals surface area contributed by atoms with Crippen LogP contribution in [0.5, 0.6) is 5.75 Å². The second-order valence-electron chi connectivity index (χ2n) is 7.71. The molecule has 1 aliphatic heterocycles. The second-order valence-corrected chi connectivity index (χ2v) is 7.71. The van der Waals surface area contributed by atoms with E-state index >= 15 is 0 Å². The number of ether oxygens (including phenoxy) is 1. The molecule has 1 aromatic heterocycles. The monoisotopic (exact) mass is 385 g/mol. The van der Waals surface area contributed by atoms with Crippen LogP contribution in [0.1, 0.15) is 38.2 Å². The van der Waals surface area contributed by atoms with Gasteiger partial charge in [0.2, 0.25) is 0 Å². The van der Waals surface area contributed by atoms with Crippen molar-refractivity contribution in [2.24, 2.45) is 0 Å². The lowest BCUT2D eigenvalue weighted by Crippen LogP contribution is -2.26. The fraction of sp³-hybridized carbons (Fsp3) is 0.455. The van der Waals surface area contributed by atoms with Gasteiger partial charge in [0.1, 0.15) is 17.6 Å². The van der Waals surface area contributed by atoms with E-state index in [1.165, 1.54) is 0 Å². The topological polar surface area (TPSA) is 45.7 Å². The van der Waals surface area contributed by atoms with Crippen LogP contribution in [0.15, 0.2) is 36.5 Å². The first-order valence-corrected chi connectivity index (χ1v) is 9.68.